The Labute approximate surface area is 94.5 Å². The van der Waals surface area contributed by atoms with Gasteiger partial charge in [0, 0.05) is 18.1 Å². The Morgan fingerprint density at radius 3 is 2.27 bits per heavy atom. The molecule has 0 bridgehead atoms. The number of nitrogens with one attached hydrogen (secondary N) is 1. The highest BCUT2D eigenvalue weighted by molar-refractivity contribution is 9.10. The van der Waals surface area contributed by atoms with E-state index in [0.717, 1.165) is 10.2 Å². The number of aromatic nitrogens is 2. The smallest absolute Gasteiger partial charge is 0.227 e. The van der Waals surface area contributed by atoms with Crippen molar-refractivity contribution in [2.45, 2.75) is 0 Å². The van der Waals surface area contributed by atoms with Crippen LogP contribution in [0.3, 0.4) is 0 Å². The van der Waals surface area contributed by atoms with Gasteiger partial charge in [-0.15, -0.1) is 0 Å². The molecule has 2 rings (SSSR count). The van der Waals surface area contributed by atoms with E-state index in [9.17, 15) is 4.39 Å². The molecule has 3 nitrogen and oxygen atoms in total. The molecule has 0 saturated heterocycles. The summed E-state index contributed by atoms with van der Waals surface area (Å²) in [6.45, 7) is 0. The molecule has 1 heterocycles. The van der Waals surface area contributed by atoms with E-state index in [2.05, 4.69) is 31.2 Å². The molecule has 1 N–H and O–H groups in total. The molecule has 0 amide bonds. The summed E-state index contributed by atoms with van der Waals surface area (Å²) in [5.74, 6) is 0.210. The second kappa shape index (κ2) is 4.35. The van der Waals surface area contributed by atoms with E-state index < -0.39 is 0 Å². The number of hydrogen-bond donors (Lipinski definition) is 1. The highest BCUT2D eigenvalue weighted by Crippen LogP contribution is 2.14. The van der Waals surface area contributed by atoms with Crippen molar-refractivity contribution in [3.05, 3.63) is 46.9 Å². The quantitative estimate of drug-likeness (QED) is 0.909. The summed E-state index contributed by atoms with van der Waals surface area (Å²) in [6.07, 6.45) is 3.28. The number of halogens is 2. The lowest BCUT2D eigenvalue weighted by atomic mass is 10.3. The Balaban J connectivity index is 2.15. The van der Waals surface area contributed by atoms with E-state index in [1.807, 2.05) is 0 Å². The summed E-state index contributed by atoms with van der Waals surface area (Å²) in [7, 11) is 0. The molecule has 15 heavy (non-hydrogen) atoms. The van der Waals surface area contributed by atoms with E-state index in [-0.39, 0.29) is 5.82 Å². The average molecular weight is 268 g/mol. The van der Waals surface area contributed by atoms with Crippen molar-refractivity contribution in [1.82, 2.24) is 9.97 Å². The summed E-state index contributed by atoms with van der Waals surface area (Å²) >= 11 is 3.24. The topological polar surface area (TPSA) is 37.8 Å². The lowest BCUT2D eigenvalue weighted by Crippen LogP contribution is -1.95. The number of nitrogens with zero attached hydrogens (tertiary/aromatic N) is 2. The Hall–Kier alpha value is -1.49. The molecular weight excluding hydrogens is 261 g/mol. The molecule has 0 atom stereocenters. The van der Waals surface area contributed by atoms with Crippen LogP contribution < -0.4 is 5.32 Å². The van der Waals surface area contributed by atoms with Gasteiger partial charge in [0.15, 0.2) is 0 Å². The molecule has 0 aliphatic carbocycles. The number of rotatable bonds is 2. The van der Waals surface area contributed by atoms with Crippen LogP contribution in [0.4, 0.5) is 16.0 Å². The molecule has 0 saturated carbocycles. The van der Waals surface area contributed by atoms with E-state index in [1.165, 1.54) is 12.1 Å². The van der Waals surface area contributed by atoms with Crippen LogP contribution in [-0.4, -0.2) is 9.97 Å². The van der Waals surface area contributed by atoms with Crippen LogP contribution >= 0.6 is 15.9 Å². The largest absolute Gasteiger partial charge is 0.324 e. The monoisotopic (exact) mass is 267 g/mol. The Morgan fingerprint density at radius 2 is 1.67 bits per heavy atom. The van der Waals surface area contributed by atoms with Gasteiger partial charge in [-0.1, -0.05) is 0 Å². The number of anilines is 2. The summed E-state index contributed by atoms with van der Waals surface area (Å²) in [4.78, 5) is 8.07. The first-order valence-electron chi connectivity index (χ1n) is 4.24. The van der Waals surface area contributed by atoms with Crippen molar-refractivity contribution in [3.8, 4) is 0 Å². The fourth-order valence-corrected chi connectivity index (χ4v) is 1.24. The van der Waals surface area contributed by atoms with Gasteiger partial charge < -0.3 is 5.32 Å². The molecular formula is C10H7BrFN3. The molecule has 0 aliphatic rings. The maximum absolute atomic E-state index is 12.6. The fourth-order valence-electron chi connectivity index (χ4n) is 1.04. The molecule has 0 aliphatic heterocycles. The summed E-state index contributed by atoms with van der Waals surface area (Å²) in [5.41, 5.74) is 0.749. The van der Waals surface area contributed by atoms with Gasteiger partial charge in [0.25, 0.3) is 0 Å². The van der Waals surface area contributed by atoms with Gasteiger partial charge in [0.2, 0.25) is 5.95 Å². The first-order chi connectivity index (χ1) is 7.24. The lowest BCUT2D eigenvalue weighted by Gasteiger charge is -2.03. The highest BCUT2D eigenvalue weighted by Gasteiger charge is 1.97. The van der Waals surface area contributed by atoms with E-state index >= 15 is 0 Å². The van der Waals surface area contributed by atoms with Crippen molar-refractivity contribution in [2.75, 3.05) is 5.32 Å². The van der Waals surface area contributed by atoms with Gasteiger partial charge >= 0.3 is 0 Å². The van der Waals surface area contributed by atoms with Crippen LogP contribution in [0.15, 0.2) is 41.1 Å². The molecule has 76 valence electrons. The van der Waals surface area contributed by atoms with Gasteiger partial charge in [-0.2, -0.15) is 0 Å². The standard InChI is InChI=1S/C10H7BrFN3/c11-7-5-13-10(14-6-7)15-9-3-1-8(12)2-4-9/h1-6H,(H,13,14,15). The van der Waals surface area contributed by atoms with Crippen molar-refractivity contribution < 1.29 is 4.39 Å². The summed E-state index contributed by atoms with van der Waals surface area (Å²) < 4.78 is 13.4. The molecule has 0 fully saturated rings. The third-order valence-corrected chi connectivity index (χ3v) is 2.13. The third-order valence-electron chi connectivity index (χ3n) is 1.72. The minimum atomic E-state index is -0.266. The Morgan fingerprint density at radius 1 is 1.07 bits per heavy atom. The zero-order valence-electron chi connectivity index (χ0n) is 7.61. The van der Waals surface area contributed by atoms with Crippen LogP contribution in [0.2, 0.25) is 0 Å². The van der Waals surface area contributed by atoms with Crippen molar-refractivity contribution in [1.29, 1.82) is 0 Å². The van der Waals surface area contributed by atoms with Crippen LogP contribution in [0.25, 0.3) is 0 Å². The molecule has 5 heteroatoms. The lowest BCUT2D eigenvalue weighted by molar-refractivity contribution is 0.628. The highest BCUT2D eigenvalue weighted by atomic mass is 79.9. The SMILES string of the molecule is Fc1ccc(Nc2ncc(Br)cn2)cc1. The summed E-state index contributed by atoms with van der Waals surface area (Å²) in [6, 6.07) is 6.00. The van der Waals surface area contributed by atoms with Gasteiger partial charge in [0.1, 0.15) is 5.82 Å². The van der Waals surface area contributed by atoms with Gasteiger partial charge in [-0.25, -0.2) is 14.4 Å². The zero-order chi connectivity index (χ0) is 10.7. The minimum absolute atomic E-state index is 0.266. The molecule has 1 aromatic heterocycles. The molecule has 1 aromatic carbocycles. The van der Waals surface area contributed by atoms with E-state index in [1.54, 1.807) is 24.5 Å². The first kappa shape index (κ1) is 10.0. The van der Waals surface area contributed by atoms with Crippen molar-refractivity contribution >= 4 is 27.6 Å². The van der Waals surface area contributed by atoms with E-state index in [0.29, 0.717) is 5.95 Å². The van der Waals surface area contributed by atoms with Gasteiger partial charge in [-0.05, 0) is 40.2 Å². The van der Waals surface area contributed by atoms with E-state index in [4.69, 9.17) is 0 Å². The fraction of sp³-hybridized carbons (Fsp3) is 0. The third kappa shape index (κ3) is 2.73. The molecule has 0 spiro atoms. The molecule has 2 aromatic rings. The van der Waals surface area contributed by atoms with Crippen LogP contribution in [0.1, 0.15) is 0 Å². The zero-order valence-corrected chi connectivity index (χ0v) is 9.20. The maximum atomic E-state index is 12.6. The summed E-state index contributed by atoms with van der Waals surface area (Å²) in [5, 5.41) is 2.95. The normalized spacial score (nSPS) is 10.0. The molecule has 0 radical (unpaired) electrons. The van der Waals surface area contributed by atoms with Crippen molar-refractivity contribution in [3.63, 3.8) is 0 Å². The Kier molecular flexibility index (Phi) is 2.91. The van der Waals surface area contributed by atoms with Crippen LogP contribution in [0.5, 0.6) is 0 Å². The predicted molar refractivity (Wildman–Crippen MR) is 59.4 cm³/mol. The molecule has 0 unspecified atom stereocenters. The van der Waals surface area contributed by atoms with Crippen LogP contribution in [-0.2, 0) is 0 Å². The van der Waals surface area contributed by atoms with Gasteiger partial charge in [-0.3, -0.25) is 0 Å². The maximum Gasteiger partial charge on any atom is 0.227 e. The minimum Gasteiger partial charge on any atom is -0.324 e. The van der Waals surface area contributed by atoms with Crippen molar-refractivity contribution in [2.24, 2.45) is 0 Å². The first-order valence-corrected chi connectivity index (χ1v) is 5.03. The van der Waals surface area contributed by atoms with Gasteiger partial charge in [0.05, 0.1) is 4.47 Å². The van der Waals surface area contributed by atoms with Crippen LogP contribution in [0, 0.1) is 5.82 Å². The second-order valence-electron chi connectivity index (χ2n) is 2.86. The Bertz CT molecular complexity index is 398. The number of hydrogen-bond acceptors (Lipinski definition) is 3. The average Bonchev–Trinajstić information content (AvgIpc) is 2.25. The number of benzene rings is 1. The predicted octanol–water partition coefficient (Wildman–Crippen LogP) is 3.12. The second-order valence-corrected chi connectivity index (χ2v) is 3.77.